The Morgan fingerprint density at radius 3 is 1.00 bits per heavy atom. The molecule has 61 heavy (non-hydrogen) atoms. The van der Waals surface area contributed by atoms with Gasteiger partial charge in [-0.15, -0.1) is 0 Å². The lowest BCUT2D eigenvalue weighted by atomic mass is 10.0. The molecule has 0 fully saturated rings. The van der Waals surface area contributed by atoms with Crippen LogP contribution in [0, 0.1) is 0 Å². The molecule has 1 amide bonds. The molecule has 0 aromatic carbocycles. The van der Waals surface area contributed by atoms with E-state index in [-0.39, 0.29) is 18.5 Å². The third-order valence-electron chi connectivity index (χ3n) is 13.2. The number of carbonyl (C=O) groups excluding carboxylic acids is 2. The minimum absolute atomic E-state index is 0.0147. The smallest absolute Gasteiger partial charge is 0.305 e. The summed E-state index contributed by atoms with van der Waals surface area (Å²) in [6, 6.07) is -0.538. The highest BCUT2D eigenvalue weighted by molar-refractivity contribution is 5.76. The van der Waals surface area contributed by atoms with Gasteiger partial charge in [-0.3, -0.25) is 9.59 Å². The number of esters is 1. The van der Waals surface area contributed by atoms with Gasteiger partial charge in [-0.1, -0.05) is 277 Å². The molecule has 0 rings (SSSR count). The Bertz CT molecular complexity index is 867. The monoisotopic (exact) mass is 864 g/mol. The van der Waals surface area contributed by atoms with Crippen LogP contribution in [-0.4, -0.2) is 47.4 Å². The number of unbranched alkanes of at least 4 members (excludes halogenated alkanes) is 41. The van der Waals surface area contributed by atoms with Crippen LogP contribution in [0.2, 0.25) is 0 Å². The topological polar surface area (TPSA) is 95.9 Å². The first-order valence-electron chi connectivity index (χ1n) is 27.8. The van der Waals surface area contributed by atoms with E-state index < -0.39 is 12.1 Å². The number of aliphatic hydroxyl groups excluding tert-OH is 2. The van der Waals surface area contributed by atoms with E-state index in [1.807, 2.05) is 0 Å². The number of aliphatic hydroxyl groups is 2. The van der Waals surface area contributed by atoms with Crippen molar-refractivity contribution in [3.63, 3.8) is 0 Å². The van der Waals surface area contributed by atoms with Gasteiger partial charge in [-0.25, -0.2) is 0 Å². The van der Waals surface area contributed by atoms with Crippen molar-refractivity contribution in [3.05, 3.63) is 0 Å². The highest BCUT2D eigenvalue weighted by atomic mass is 16.5. The van der Waals surface area contributed by atoms with Crippen LogP contribution in [0.15, 0.2) is 0 Å². The molecule has 0 radical (unpaired) electrons. The van der Waals surface area contributed by atoms with Crippen LogP contribution < -0.4 is 5.32 Å². The summed E-state index contributed by atoms with van der Waals surface area (Å²) in [5.74, 6) is -0.0223. The second kappa shape index (κ2) is 51.5. The van der Waals surface area contributed by atoms with Crippen molar-refractivity contribution in [2.24, 2.45) is 0 Å². The molecule has 6 heteroatoms. The van der Waals surface area contributed by atoms with Crippen molar-refractivity contribution < 1.29 is 24.5 Å². The Labute approximate surface area is 381 Å². The van der Waals surface area contributed by atoms with Crippen LogP contribution >= 0.6 is 0 Å². The lowest BCUT2D eigenvalue weighted by molar-refractivity contribution is -0.143. The number of hydrogen-bond donors (Lipinski definition) is 3. The third kappa shape index (κ3) is 48.2. The van der Waals surface area contributed by atoms with Gasteiger partial charge in [-0.05, 0) is 25.7 Å². The fourth-order valence-corrected chi connectivity index (χ4v) is 8.88. The molecule has 0 aliphatic rings. The lowest BCUT2D eigenvalue weighted by Gasteiger charge is -2.22. The molecular formula is C55H109NO5. The van der Waals surface area contributed by atoms with E-state index in [2.05, 4.69) is 19.2 Å². The highest BCUT2D eigenvalue weighted by Gasteiger charge is 2.20. The summed E-state index contributed by atoms with van der Waals surface area (Å²) >= 11 is 0. The van der Waals surface area contributed by atoms with E-state index in [0.29, 0.717) is 25.9 Å². The molecule has 0 aromatic rings. The molecule has 364 valence electrons. The first-order chi connectivity index (χ1) is 30.0. The van der Waals surface area contributed by atoms with E-state index in [9.17, 15) is 19.8 Å². The molecule has 0 heterocycles. The third-order valence-corrected chi connectivity index (χ3v) is 13.2. The van der Waals surface area contributed by atoms with Crippen LogP contribution in [-0.2, 0) is 14.3 Å². The average molecular weight is 864 g/mol. The van der Waals surface area contributed by atoms with Gasteiger partial charge >= 0.3 is 5.97 Å². The number of nitrogens with one attached hydrogen (secondary N) is 1. The van der Waals surface area contributed by atoms with E-state index in [1.54, 1.807) is 0 Å². The maximum absolute atomic E-state index is 12.4. The van der Waals surface area contributed by atoms with Crippen molar-refractivity contribution in [1.29, 1.82) is 0 Å². The lowest BCUT2D eigenvalue weighted by Crippen LogP contribution is -2.45. The maximum Gasteiger partial charge on any atom is 0.305 e. The van der Waals surface area contributed by atoms with Gasteiger partial charge in [0.05, 0.1) is 25.4 Å². The molecule has 3 N–H and O–H groups in total. The van der Waals surface area contributed by atoms with E-state index in [4.69, 9.17) is 4.74 Å². The number of hydrogen-bond acceptors (Lipinski definition) is 5. The number of amides is 1. The molecule has 0 aliphatic carbocycles. The Kier molecular flexibility index (Phi) is 50.5. The fraction of sp³-hybridized carbons (Fsp3) is 0.964. The van der Waals surface area contributed by atoms with Crippen molar-refractivity contribution in [3.8, 4) is 0 Å². The van der Waals surface area contributed by atoms with Gasteiger partial charge in [0.2, 0.25) is 5.91 Å². The SMILES string of the molecule is CCCCCCCCCCCCCCCCC(=O)OCCCCCCCCCCCCCCCCCCCCCCCC(=O)NC(CO)C(O)CCCCCCCCCCC. The van der Waals surface area contributed by atoms with Crippen molar-refractivity contribution >= 4 is 11.9 Å². The van der Waals surface area contributed by atoms with E-state index in [1.165, 1.54) is 244 Å². The highest BCUT2D eigenvalue weighted by Crippen LogP contribution is 2.18. The van der Waals surface area contributed by atoms with Gasteiger partial charge in [0.1, 0.15) is 0 Å². The molecule has 2 atom stereocenters. The van der Waals surface area contributed by atoms with E-state index >= 15 is 0 Å². The standard InChI is InChI=1S/C55H109NO5/c1-3-5-7-9-11-13-14-15-26-29-33-37-41-45-49-55(60)61-50-46-42-38-34-30-27-24-22-20-18-16-17-19-21-23-25-28-32-36-40-44-48-54(59)56-52(51-57)53(58)47-43-39-35-31-12-10-8-6-4-2/h52-53,57-58H,3-51H2,1-2H3,(H,56,59). The summed E-state index contributed by atoms with van der Waals surface area (Å²) in [4.78, 5) is 24.4. The van der Waals surface area contributed by atoms with Crippen LogP contribution in [0.1, 0.15) is 316 Å². The second-order valence-corrected chi connectivity index (χ2v) is 19.3. The Morgan fingerprint density at radius 1 is 0.393 bits per heavy atom. The zero-order valence-corrected chi connectivity index (χ0v) is 41.4. The van der Waals surface area contributed by atoms with Crippen molar-refractivity contribution in [2.75, 3.05) is 13.2 Å². The predicted molar refractivity (Wildman–Crippen MR) is 264 cm³/mol. The normalized spacial score (nSPS) is 12.5. The molecule has 0 saturated carbocycles. The van der Waals surface area contributed by atoms with Crippen LogP contribution in [0.25, 0.3) is 0 Å². The van der Waals surface area contributed by atoms with Crippen LogP contribution in [0.3, 0.4) is 0 Å². The fourth-order valence-electron chi connectivity index (χ4n) is 8.88. The van der Waals surface area contributed by atoms with Gasteiger partial charge < -0.3 is 20.3 Å². The number of ether oxygens (including phenoxy) is 1. The Balaban J connectivity index is 3.33. The molecule has 0 aromatic heterocycles. The molecular weight excluding hydrogens is 755 g/mol. The van der Waals surface area contributed by atoms with E-state index in [0.717, 1.165) is 38.5 Å². The minimum atomic E-state index is -0.661. The van der Waals surface area contributed by atoms with Crippen LogP contribution in [0.5, 0.6) is 0 Å². The zero-order chi connectivity index (χ0) is 44.4. The molecule has 0 bridgehead atoms. The predicted octanol–water partition coefficient (Wildman–Crippen LogP) is 16.7. The summed E-state index contributed by atoms with van der Waals surface area (Å²) in [6.07, 6.45) is 58.1. The summed E-state index contributed by atoms with van der Waals surface area (Å²) < 4.78 is 5.48. The van der Waals surface area contributed by atoms with Gasteiger partial charge in [0.15, 0.2) is 0 Å². The quantitative estimate of drug-likeness (QED) is 0.0418. The molecule has 0 aliphatic heterocycles. The van der Waals surface area contributed by atoms with Gasteiger partial charge in [0, 0.05) is 12.8 Å². The maximum atomic E-state index is 12.4. The summed E-state index contributed by atoms with van der Waals surface area (Å²) in [7, 11) is 0. The first-order valence-corrected chi connectivity index (χ1v) is 27.8. The largest absolute Gasteiger partial charge is 0.466 e. The summed E-state index contributed by atoms with van der Waals surface area (Å²) in [6.45, 7) is 4.95. The first kappa shape index (κ1) is 59.9. The average Bonchev–Trinajstić information content (AvgIpc) is 3.26. The van der Waals surface area contributed by atoms with Gasteiger partial charge in [0.25, 0.3) is 0 Å². The summed E-state index contributed by atoms with van der Waals surface area (Å²) in [5.41, 5.74) is 0. The van der Waals surface area contributed by atoms with Gasteiger partial charge in [-0.2, -0.15) is 0 Å². The molecule has 0 saturated heterocycles. The minimum Gasteiger partial charge on any atom is -0.466 e. The summed E-state index contributed by atoms with van der Waals surface area (Å²) in [5, 5.41) is 23.1. The van der Waals surface area contributed by atoms with Crippen LogP contribution in [0.4, 0.5) is 0 Å². The van der Waals surface area contributed by atoms with Crippen molar-refractivity contribution in [2.45, 2.75) is 328 Å². The Morgan fingerprint density at radius 2 is 0.672 bits per heavy atom. The molecule has 6 nitrogen and oxygen atoms in total. The number of rotatable bonds is 52. The molecule has 2 unspecified atom stereocenters. The Hall–Kier alpha value is -1.14. The van der Waals surface area contributed by atoms with Crippen molar-refractivity contribution in [1.82, 2.24) is 5.32 Å². The molecule has 0 spiro atoms. The zero-order valence-electron chi connectivity index (χ0n) is 41.4. The second-order valence-electron chi connectivity index (χ2n) is 19.3. The number of carbonyl (C=O) groups is 2.